The van der Waals surface area contributed by atoms with Crippen molar-refractivity contribution in [3.8, 4) is 22.8 Å². The standard InChI is InChI=1S/C15H18N2O2S/c1-10(8-16)15-17-12(9-20-15)11-3-4-13-14(7-11)19-6-2-5-18-13/h3-4,7,9-10H,2,5-6,8,16H2,1H3. The zero-order valence-electron chi connectivity index (χ0n) is 11.5. The Balaban J connectivity index is 1.90. The molecular formula is C15H18N2O2S. The first-order valence-electron chi connectivity index (χ1n) is 6.83. The number of benzene rings is 1. The first kappa shape index (κ1) is 13.4. The molecule has 1 aliphatic rings. The van der Waals surface area contributed by atoms with Crippen LogP contribution in [0, 0.1) is 0 Å². The van der Waals surface area contributed by atoms with Crippen molar-refractivity contribution >= 4 is 11.3 Å². The van der Waals surface area contributed by atoms with E-state index >= 15 is 0 Å². The summed E-state index contributed by atoms with van der Waals surface area (Å²) in [5.41, 5.74) is 7.72. The van der Waals surface area contributed by atoms with Crippen molar-refractivity contribution in [2.24, 2.45) is 5.73 Å². The van der Waals surface area contributed by atoms with Crippen LogP contribution in [0.25, 0.3) is 11.3 Å². The lowest BCUT2D eigenvalue weighted by molar-refractivity contribution is 0.297. The fraction of sp³-hybridized carbons (Fsp3) is 0.400. The molecule has 0 aliphatic carbocycles. The number of aromatic nitrogens is 1. The second kappa shape index (κ2) is 5.81. The highest BCUT2D eigenvalue weighted by Gasteiger charge is 2.14. The smallest absolute Gasteiger partial charge is 0.161 e. The third kappa shape index (κ3) is 2.64. The second-order valence-electron chi connectivity index (χ2n) is 4.92. The van der Waals surface area contributed by atoms with Gasteiger partial charge in [0, 0.05) is 29.8 Å². The Bertz CT molecular complexity index is 597. The van der Waals surface area contributed by atoms with E-state index in [-0.39, 0.29) is 0 Å². The van der Waals surface area contributed by atoms with Gasteiger partial charge in [0.1, 0.15) is 0 Å². The van der Waals surface area contributed by atoms with E-state index in [1.165, 1.54) is 0 Å². The van der Waals surface area contributed by atoms with Gasteiger partial charge in [0.2, 0.25) is 0 Å². The molecule has 0 spiro atoms. The Hall–Kier alpha value is -1.59. The summed E-state index contributed by atoms with van der Waals surface area (Å²) in [4.78, 5) is 4.67. The summed E-state index contributed by atoms with van der Waals surface area (Å²) < 4.78 is 11.4. The van der Waals surface area contributed by atoms with E-state index in [1.54, 1.807) is 11.3 Å². The molecular weight excluding hydrogens is 272 g/mol. The molecule has 2 heterocycles. The highest BCUT2D eigenvalue weighted by molar-refractivity contribution is 7.10. The van der Waals surface area contributed by atoms with E-state index in [2.05, 4.69) is 17.3 Å². The van der Waals surface area contributed by atoms with Gasteiger partial charge in [-0.3, -0.25) is 0 Å². The quantitative estimate of drug-likeness (QED) is 0.944. The molecule has 20 heavy (non-hydrogen) atoms. The van der Waals surface area contributed by atoms with Gasteiger partial charge >= 0.3 is 0 Å². The normalized spacial score (nSPS) is 15.7. The van der Waals surface area contributed by atoms with Gasteiger partial charge in [-0.15, -0.1) is 11.3 Å². The molecule has 1 unspecified atom stereocenters. The molecule has 0 saturated carbocycles. The molecule has 0 amide bonds. The number of hydrogen-bond acceptors (Lipinski definition) is 5. The lowest BCUT2D eigenvalue weighted by atomic mass is 10.1. The Morgan fingerprint density at radius 2 is 2.10 bits per heavy atom. The number of ether oxygens (including phenoxy) is 2. The molecule has 2 N–H and O–H groups in total. The van der Waals surface area contributed by atoms with Crippen LogP contribution in [0.2, 0.25) is 0 Å². The van der Waals surface area contributed by atoms with Crippen molar-refractivity contribution in [3.05, 3.63) is 28.6 Å². The molecule has 0 fully saturated rings. The van der Waals surface area contributed by atoms with Crippen LogP contribution >= 0.6 is 11.3 Å². The third-order valence-corrected chi connectivity index (χ3v) is 4.42. The Kier molecular flexibility index (Phi) is 3.89. The molecule has 0 bridgehead atoms. The maximum Gasteiger partial charge on any atom is 0.161 e. The summed E-state index contributed by atoms with van der Waals surface area (Å²) in [5.74, 6) is 1.92. The number of rotatable bonds is 3. The van der Waals surface area contributed by atoms with Crippen molar-refractivity contribution in [2.45, 2.75) is 19.3 Å². The van der Waals surface area contributed by atoms with E-state index in [1.807, 2.05) is 18.2 Å². The van der Waals surface area contributed by atoms with E-state index in [0.29, 0.717) is 25.7 Å². The number of hydrogen-bond donors (Lipinski definition) is 1. The first-order chi connectivity index (χ1) is 9.78. The van der Waals surface area contributed by atoms with Crippen molar-refractivity contribution < 1.29 is 9.47 Å². The van der Waals surface area contributed by atoms with Gasteiger partial charge in [0.05, 0.1) is 23.9 Å². The van der Waals surface area contributed by atoms with E-state index in [9.17, 15) is 0 Å². The number of nitrogens with two attached hydrogens (primary N) is 1. The molecule has 1 aromatic carbocycles. The fourth-order valence-electron chi connectivity index (χ4n) is 2.07. The van der Waals surface area contributed by atoms with Gasteiger partial charge < -0.3 is 15.2 Å². The predicted molar refractivity (Wildman–Crippen MR) is 80.6 cm³/mol. The Morgan fingerprint density at radius 1 is 1.30 bits per heavy atom. The van der Waals surface area contributed by atoms with Gasteiger partial charge in [-0.05, 0) is 18.2 Å². The minimum absolute atomic E-state index is 0.300. The molecule has 5 heteroatoms. The molecule has 3 rings (SSSR count). The van der Waals surface area contributed by atoms with Gasteiger partial charge in [0.15, 0.2) is 11.5 Å². The fourth-order valence-corrected chi connectivity index (χ4v) is 2.97. The van der Waals surface area contributed by atoms with Gasteiger partial charge in [-0.1, -0.05) is 6.92 Å². The highest BCUT2D eigenvalue weighted by Crippen LogP contribution is 2.35. The Morgan fingerprint density at radius 3 is 2.90 bits per heavy atom. The van der Waals surface area contributed by atoms with Crippen LogP contribution in [0.1, 0.15) is 24.3 Å². The summed E-state index contributed by atoms with van der Waals surface area (Å²) in [7, 11) is 0. The summed E-state index contributed by atoms with van der Waals surface area (Å²) in [5, 5.41) is 3.15. The summed E-state index contributed by atoms with van der Waals surface area (Å²) in [6.07, 6.45) is 0.916. The number of fused-ring (bicyclic) bond motifs is 1. The van der Waals surface area contributed by atoms with E-state index in [0.717, 1.165) is 34.2 Å². The van der Waals surface area contributed by atoms with Crippen LogP contribution in [0.4, 0.5) is 0 Å². The topological polar surface area (TPSA) is 57.4 Å². The van der Waals surface area contributed by atoms with Gasteiger partial charge in [-0.2, -0.15) is 0 Å². The van der Waals surface area contributed by atoms with Crippen LogP contribution in [-0.4, -0.2) is 24.7 Å². The van der Waals surface area contributed by atoms with E-state index < -0.39 is 0 Å². The van der Waals surface area contributed by atoms with Crippen molar-refractivity contribution in [1.82, 2.24) is 4.98 Å². The van der Waals surface area contributed by atoms with Gasteiger partial charge in [0.25, 0.3) is 0 Å². The van der Waals surface area contributed by atoms with Gasteiger partial charge in [-0.25, -0.2) is 4.98 Å². The van der Waals surface area contributed by atoms with Crippen LogP contribution < -0.4 is 15.2 Å². The predicted octanol–water partition coefficient (Wildman–Crippen LogP) is 3.03. The van der Waals surface area contributed by atoms with Crippen LogP contribution in [-0.2, 0) is 0 Å². The molecule has 2 aromatic rings. The van der Waals surface area contributed by atoms with Crippen LogP contribution in [0.15, 0.2) is 23.6 Å². The number of nitrogens with zero attached hydrogens (tertiary/aromatic N) is 1. The highest BCUT2D eigenvalue weighted by atomic mass is 32.1. The lowest BCUT2D eigenvalue weighted by Crippen LogP contribution is -2.08. The van der Waals surface area contributed by atoms with Crippen LogP contribution in [0.5, 0.6) is 11.5 Å². The lowest BCUT2D eigenvalue weighted by Gasteiger charge is -2.08. The Labute approximate surface area is 122 Å². The zero-order valence-corrected chi connectivity index (χ0v) is 12.3. The average Bonchev–Trinajstić information content (AvgIpc) is 2.85. The van der Waals surface area contributed by atoms with E-state index in [4.69, 9.17) is 15.2 Å². The van der Waals surface area contributed by atoms with Crippen molar-refractivity contribution in [2.75, 3.05) is 19.8 Å². The van der Waals surface area contributed by atoms with Crippen molar-refractivity contribution in [1.29, 1.82) is 0 Å². The molecule has 1 aromatic heterocycles. The monoisotopic (exact) mass is 290 g/mol. The molecule has 106 valence electrons. The summed E-state index contributed by atoms with van der Waals surface area (Å²) in [6, 6.07) is 5.99. The number of thiazole rings is 1. The van der Waals surface area contributed by atoms with Crippen LogP contribution in [0.3, 0.4) is 0 Å². The third-order valence-electron chi connectivity index (χ3n) is 3.34. The summed E-state index contributed by atoms with van der Waals surface area (Å²) in [6.45, 7) is 4.12. The molecule has 0 radical (unpaired) electrons. The molecule has 1 atom stereocenters. The molecule has 1 aliphatic heterocycles. The zero-order chi connectivity index (χ0) is 13.9. The first-order valence-corrected chi connectivity index (χ1v) is 7.71. The summed E-state index contributed by atoms with van der Waals surface area (Å²) >= 11 is 1.66. The minimum atomic E-state index is 0.300. The largest absolute Gasteiger partial charge is 0.490 e. The molecule has 4 nitrogen and oxygen atoms in total. The minimum Gasteiger partial charge on any atom is -0.490 e. The maximum atomic E-state index is 5.72. The molecule has 0 saturated heterocycles. The second-order valence-corrected chi connectivity index (χ2v) is 5.81. The van der Waals surface area contributed by atoms with Crippen molar-refractivity contribution in [3.63, 3.8) is 0 Å². The average molecular weight is 290 g/mol. The maximum absolute atomic E-state index is 5.72. The SMILES string of the molecule is CC(CN)c1nc(-c2ccc3c(c2)OCCCO3)cs1.